The van der Waals surface area contributed by atoms with Crippen LogP contribution in [0.3, 0.4) is 0 Å². The third kappa shape index (κ3) is 3.76. The Morgan fingerprint density at radius 2 is 1.80 bits per heavy atom. The van der Waals surface area contributed by atoms with E-state index in [1.807, 2.05) is 18.2 Å². The molecule has 1 aliphatic heterocycles. The topological polar surface area (TPSA) is 84.3 Å². The van der Waals surface area contributed by atoms with Crippen molar-refractivity contribution in [1.29, 1.82) is 0 Å². The molecular formula is C22H24N4O3S. The summed E-state index contributed by atoms with van der Waals surface area (Å²) in [6.45, 7) is 4.57. The van der Waals surface area contributed by atoms with E-state index in [2.05, 4.69) is 24.1 Å². The highest BCUT2D eigenvalue weighted by Crippen LogP contribution is 2.31. The second kappa shape index (κ2) is 8.04. The standard InChI is InChI=1S/C22H24N4O3S/c1-16(2)12-13-25-14-19-21(22(27)24-17-8-4-3-5-9-17)23-15-26(19)18-10-6-7-11-20(18)30(25,28)29/h3-11,15-16H,12-14H2,1-2H3,(H,24,27). The van der Waals surface area contributed by atoms with E-state index in [1.165, 1.54) is 10.6 Å². The minimum atomic E-state index is -3.70. The number of benzene rings is 2. The normalized spacial score (nSPS) is 15.3. The molecule has 0 spiro atoms. The molecule has 2 aromatic carbocycles. The molecule has 7 nitrogen and oxygen atoms in total. The van der Waals surface area contributed by atoms with Crippen LogP contribution < -0.4 is 5.32 Å². The molecule has 0 atom stereocenters. The average Bonchev–Trinajstić information content (AvgIpc) is 3.11. The number of nitrogens with one attached hydrogen (secondary N) is 1. The van der Waals surface area contributed by atoms with Gasteiger partial charge >= 0.3 is 0 Å². The number of hydrogen-bond donors (Lipinski definition) is 1. The maximum absolute atomic E-state index is 13.4. The molecule has 0 radical (unpaired) electrons. The summed E-state index contributed by atoms with van der Waals surface area (Å²) < 4.78 is 29.9. The Morgan fingerprint density at radius 1 is 1.10 bits per heavy atom. The molecule has 3 aromatic rings. The minimum Gasteiger partial charge on any atom is -0.321 e. The van der Waals surface area contributed by atoms with E-state index < -0.39 is 10.0 Å². The van der Waals surface area contributed by atoms with Crippen molar-refractivity contribution in [2.75, 3.05) is 11.9 Å². The molecule has 0 saturated heterocycles. The van der Waals surface area contributed by atoms with E-state index in [1.54, 1.807) is 41.0 Å². The average molecular weight is 425 g/mol. The molecule has 156 valence electrons. The zero-order chi connectivity index (χ0) is 21.3. The number of sulfonamides is 1. The number of anilines is 1. The van der Waals surface area contributed by atoms with E-state index in [9.17, 15) is 13.2 Å². The van der Waals surface area contributed by atoms with Crippen molar-refractivity contribution < 1.29 is 13.2 Å². The van der Waals surface area contributed by atoms with Crippen molar-refractivity contribution >= 4 is 21.6 Å². The lowest BCUT2D eigenvalue weighted by Crippen LogP contribution is -2.32. The number of fused-ring (bicyclic) bond motifs is 3. The maximum Gasteiger partial charge on any atom is 0.276 e. The van der Waals surface area contributed by atoms with Gasteiger partial charge in [0, 0.05) is 12.2 Å². The maximum atomic E-state index is 13.4. The molecule has 1 amide bonds. The monoisotopic (exact) mass is 424 g/mol. The van der Waals surface area contributed by atoms with Gasteiger partial charge in [0.1, 0.15) is 11.2 Å². The smallest absolute Gasteiger partial charge is 0.276 e. The Bertz CT molecular complexity index is 1170. The predicted molar refractivity (Wildman–Crippen MR) is 115 cm³/mol. The fourth-order valence-electron chi connectivity index (χ4n) is 3.50. The van der Waals surface area contributed by atoms with Crippen LogP contribution in [0.15, 0.2) is 65.8 Å². The fourth-order valence-corrected chi connectivity index (χ4v) is 5.10. The molecule has 30 heavy (non-hydrogen) atoms. The van der Waals surface area contributed by atoms with Gasteiger partial charge in [-0.2, -0.15) is 4.31 Å². The highest BCUT2D eigenvalue weighted by Gasteiger charge is 2.34. The summed E-state index contributed by atoms with van der Waals surface area (Å²) in [5.41, 5.74) is 1.94. The van der Waals surface area contributed by atoms with Crippen LogP contribution in [0.1, 0.15) is 36.5 Å². The van der Waals surface area contributed by atoms with Crippen LogP contribution in [0, 0.1) is 5.92 Å². The van der Waals surface area contributed by atoms with Gasteiger partial charge in [-0.1, -0.05) is 44.2 Å². The second-order valence-corrected chi connectivity index (χ2v) is 9.63. The first kappa shape index (κ1) is 20.3. The molecule has 0 fully saturated rings. The van der Waals surface area contributed by atoms with Gasteiger partial charge in [0.15, 0.2) is 5.69 Å². The first-order valence-electron chi connectivity index (χ1n) is 9.90. The summed E-state index contributed by atoms with van der Waals surface area (Å²) in [5, 5.41) is 2.84. The number of hydrogen-bond acceptors (Lipinski definition) is 4. The Morgan fingerprint density at radius 3 is 2.53 bits per heavy atom. The van der Waals surface area contributed by atoms with Gasteiger partial charge in [-0.25, -0.2) is 13.4 Å². The minimum absolute atomic E-state index is 0.0846. The van der Waals surface area contributed by atoms with Crippen LogP contribution in [-0.2, 0) is 16.6 Å². The van der Waals surface area contributed by atoms with Gasteiger partial charge in [0.25, 0.3) is 5.91 Å². The van der Waals surface area contributed by atoms with Crippen LogP contribution >= 0.6 is 0 Å². The molecule has 4 rings (SSSR count). The molecule has 0 bridgehead atoms. The van der Waals surface area contributed by atoms with E-state index in [0.717, 1.165) is 6.42 Å². The summed E-state index contributed by atoms with van der Waals surface area (Å²) >= 11 is 0. The van der Waals surface area contributed by atoms with Gasteiger partial charge in [0.05, 0.1) is 17.9 Å². The number of para-hydroxylation sites is 2. The van der Waals surface area contributed by atoms with Crippen molar-refractivity contribution in [3.05, 3.63) is 72.3 Å². The van der Waals surface area contributed by atoms with Gasteiger partial charge in [-0.05, 0) is 36.6 Å². The molecular weight excluding hydrogens is 400 g/mol. The van der Waals surface area contributed by atoms with Crippen molar-refractivity contribution in [2.45, 2.75) is 31.7 Å². The lowest BCUT2D eigenvalue weighted by molar-refractivity contribution is 0.102. The van der Waals surface area contributed by atoms with Crippen molar-refractivity contribution in [3.8, 4) is 5.69 Å². The number of rotatable bonds is 5. The highest BCUT2D eigenvalue weighted by molar-refractivity contribution is 7.89. The van der Waals surface area contributed by atoms with E-state index in [-0.39, 0.29) is 23.0 Å². The third-order valence-electron chi connectivity index (χ3n) is 5.14. The van der Waals surface area contributed by atoms with Crippen LogP contribution in [0.5, 0.6) is 0 Å². The van der Waals surface area contributed by atoms with Crippen LogP contribution in [0.2, 0.25) is 0 Å². The number of carbonyl (C=O) groups excluding carboxylic acids is 1. The number of carbonyl (C=O) groups is 1. The Balaban J connectivity index is 1.78. The molecule has 0 aliphatic carbocycles. The highest BCUT2D eigenvalue weighted by atomic mass is 32.2. The van der Waals surface area contributed by atoms with Crippen molar-refractivity contribution in [2.24, 2.45) is 5.92 Å². The third-order valence-corrected chi connectivity index (χ3v) is 7.03. The summed E-state index contributed by atoms with van der Waals surface area (Å²) in [5.74, 6) is -0.0139. The first-order chi connectivity index (χ1) is 14.4. The fraction of sp³-hybridized carbons (Fsp3) is 0.273. The molecule has 1 aliphatic rings. The zero-order valence-corrected chi connectivity index (χ0v) is 17.8. The zero-order valence-electron chi connectivity index (χ0n) is 16.9. The van der Waals surface area contributed by atoms with Crippen molar-refractivity contribution in [3.63, 3.8) is 0 Å². The van der Waals surface area contributed by atoms with Gasteiger partial charge in [-0.15, -0.1) is 0 Å². The first-order valence-corrected chi connectivity index (χ1v) is 11.3. The summed E-state index contributed by atoms with van der Waals surface area (Å²) in [4.78, 5) is 17.5. The Hall–Kier alpha value is -2.97. The van der Waals surface area contributed by atoms with Crippen LogP contribution in [-0.4, -0.2) is 34.7 Å². The lowest BCUT2D eigenvalue weighted by Gasteiger charge is -2.21. The lowest BCUT2D eigenvalue weighted by atomic mass is 10.1. The number of aromatic nitrogens is 2. The van der Waals surface area contributed by atoms with Gasteiger partial charge in [-0.3, -0.25) is 9.36 Å². The molecule has 1 aromatic heterocycles. The molecule has 2 heterocycles. The van der Waals surface area contributed by atoms with Crippen LogP contribution in [0.25, 0.3) is 5.69 Å². The number of amides is 1. The molecule has 0 unspecified atom stereocenters. The van der Waals surface area contributed by atoms with Gasteiger partial charge in [0.2, 0.25) is 10.0 Å². The van der Waals surface area contributed by atoms with E-state index in [0.29, 0.717) is 29.5 Å². The molecule has 0 saturated carbocycles. The van der Waals surface area contributed by atoms with Gasteiger partial charge < -0.3 is 5.32 Å². The molecule has 1 N–H and O–H groups in total. The van der Waals surface area contributed by atoms with Crippen molar-refractivity contribution in [1.82, 2.24) is 13.9 Å². The van der Waals surface area contributed by atoms with Crippen LogP contribution in [0.4, 0.5) is 5.69 Å². The molecule has 8 heteroatoms. The summed E-state index contributed by atoms with van der Waals surface area (Å²) in [6.07, 6.45) is 2.25. The largest absolute Gasteiger partial charge is 0.321 e. The predicted octanol–water partition coefficient (Wildman–Crippen LogP) is 3.68. The van der Waals surface area contributed by atoms with E-state index >= 15 is 0 Å². The summed E-state index contributed by atoms with van der Waals surface area (Å²) in [6, 6.07) is 16.0. The quantitative estimate of drug-likeness (QED) is 0.677. The summed E-state index contributed by atoms with van der Waals surface area (Å²) in [7, 11) is -3.70. The number of nitrogens with zero attached hydrogens (tertiary/aromatic N) is 3. The Kier molecular flexibility index (Phi) is 5.44. The Labute approximate surface area is 176 Å². The second-order valence-electron chi connectivity index (χ2n) is 7.72. The van der Waals surface area contributed by atoms with E-state index in [4.69, 9.17) is 0 Å². The number of imidazole rings is 1. The SMILES string of the molecule is CC(C)CCN1Cc2c(C(=O)Nc3ccccc3)ncn2-c2ccccc2S1(=O)=O.